The van der Waals surface area contributed by atoms with Crippen LogP contribution in [0.25, 0.3) is 0 Å². The maximum absolute atomic E-state index is 11.0. The number of carbonyl (C=O) groups is 1. The fourth-order valence-corrected chi connectivity index (χ4v) is 1.18. The quantitative estimate of drug-likeness (QED) is 0.426. The Balaban J connectivity index is 2.82. The average Bonchev–Trinajstić information content (AvgIpc) is 2.27. The number of benzene rings is 1. The van der Waals surface area contributed by atoms with Gasteiger partial charge in [0.1, 0.15) is 6.10 Å². The first kappa shape index (κ1) is 11.2. The van der Waals surface area contributed by atoms with Gasteiger partial charge in [-0.1, -0.05) is 43.0 Å². The molecule has 1 unspecified atom stereocenters. The minimum atomic E-state index is -0.444. The highest BCUT2D eigenvalue weighted by Crippen LogP contribution is 2.19. The summed E-state index contributed by atoms with van der Waals surface area (Å²) in [5.74, 6) is -0.444. The van der Waals surface area contributed by atoms with Gasteiger partial charge in [-0.15, -0.1) is 0 Å². The normalized spacial score (nSPS) is 11.5. The first-order chi connectivity index (χ1) is 7.17. The Morgan fingerprint density at radius 1 is 1.33 bits per heavy atom. The first-order valence-electron chi connectivity index (χ1n) is 4.69. The van der Waals surface area contributed by atoms with Crippen LogP contribution in [0.4, 0.5) is 0 Å². The first-order valence-corrected chi connectivity index (χ1v) is 4.69. The van der Waals surface area contributed by atoms with Crippen LogP contribution in [0, 0.1) is 6.92 Å². The van der Waals surface area contributed by atoms with Gasteiger partial charge in [0.05, 0.1) is 0 Å². The lowest BCUT2D eigenvalue weighted by molar-refractivity contribution is -0.141. The van der Waals surface area contributed by atoms with Crippen molar-refractivity contribution in [2.75, 3.05) is 0 Å². The predicted octanol–water partition coefficient (Wildman–Crippen LogP) is 2.95. The van der Waals surface area contributed by atoms with Gasteiger partial charge in [-0.3, -0.25) is 0 Å². The molecule has 1 rings (SSSR count). The van der Waals surface area contributed by atoms with E-state index in [1.54, 1.807) is 6.08 Å². The molecular weight excluding hydrogens is 188 g/mol. The second kappa shape index (κ2) is 5.15. The van der Waals surface area contributed by atoms with Crippen molar-refractivity contribution in [2.45, 2.75) is 13.0 Å². The van der Waals surface area contributed by atoms with E-state index in [0.29, 0.717) is 0 Å². The van der Waals surface area contributed by atoms with Gasteiger partial charge in [0, 0.05) is 6.08 Å². The predicted molar refractivity (Wildman–Crippen MR) is 60.4 cm³/mol. The zero-order valence-corrected chi connectivity index (χ0v) is 8.77. The minimum Gasteiger partial charge on any atom is -0.450 e. The maximum atomic E-state index is 11.0. The number of hydrogen-bond acceptors (Lipinski definition) is 2. The molecule has 1 aromatic carbocycles. The van der Waals surface area contributed by atoms with E-state index in [2.05, 4.69) is 13.2 Å². The van der Waals surface area contributed by atoms with Gasteiger partial charge in [0.15, 0.2) is 0 Å². The highest BCUT2D eigenvalue weighted by molar-refractivity contribution is 5.81. The van der Waals surface area contributed by atoms with Crippen LogP contribution in [0.5, 0.6) is 0 Å². The second-order valence-electron chi connectivity index (χ2n) is 3.21. The molecule has 0 aliphatic carbocycles. The van der Waals surface area contributed by atoms with Crippen molar-refractivity contribution in [1.82, 2.24) is 0 Å². The molecule has 0 saturated carbocycles. The molecule has 0 bridgehead atoms. The molecule has 2 nitrogen and oxygen atoms in total. The molecule has 0 radical (unpaired) electrons. The van der Waals surface area contributed by atoms with Crippen molar-refractivity contribution in [3.8, 4) is 0 Å². The summed E-state index contributed by atoms with van der Waals surface area (Å²) in [6.45, 7) is 8.98. The van der Waals surface area contributed by atoms with Crippen LogP contribution in [0.1, 0.15) is 17.2 Å². The van der Waals surface area contributed by atoms with E-state index in [1.165, 1.54) is 0 Å². The monoisotopic (exact) mass is 202 g/mol. The zero-order chi connectivity index (χ0) is 11.3. The Hall–Kier alpha value is -1.83. The number of esters is 1. The Morgan fingerprint density at radius 2 is 1.93 bits per heavy atom. The number of rotatable bonds is 4. The van der Waals surface area contributed by atoms with E-state index in [1.807, 2.05) is 31.2 Å². The van der Waals surface area contributed by atoms with Crippen molar-refractivity contribution in [3.05, 3.63) is 60.7 Å². The van der Waals surface area contributed by atoms with E-state index < -0.39 is 12.1 Å². The van der Waals surface area contributed by atoms with Crippen molar-refractivity contribution < 1.29 is 9.53 Å². The van der Waals surface area contributed by atoms with E-state index in [4.69, 9.17) is 4.74 Å². The Morgan fingerprint density at radius 3 is 2.40 bits per heavy atom. The molecule has 0 amide bonds. The third-order valence-corrected chi connectivity index (χ3v) is 2.03. The molecule has 0 aromatic heterocycles. The van der Waals surface area contributed by atoms with Gasteiger partial charge >= 0.3 is 5.97 Å². The summed E-state index contributed by atoms with van der Waals surface area (Å²) in [5.41, 5.74) is 2.07. The van der Waals surface area contributed by atoms with Crippen LogP contribution < -0.4 is 0 Å². The molecule has 2 heteroatoms. The zero-order valence-electron chi connectivity index (χ0n) is 8.77. The SMILES string of the molecule is C=CC(=O)OC(C=C)c1ccc(C)cc1. The molecule has 15 heavy (non-hydrogen) atoms. The number of carbonyl (C=O) groups excluding carboxylic acids is 1. The summed E-state index contributed by atoms with van der Waals surface area (Å²) in [4.78, 5) is 11.0. The summed E-state index contributed by atoms with van der Waals surface area (Å²) in [5, 5.41) is 0. The molecular formula is C13H14O2. The molecule has 78 valence electrons. The van der Waals surface area contributed by atoms with Gasteiger partial charge in [-0.05, 0) is 18.6 Å². The van der Waals surface area contributed by atoms with Crippen LogP contribution in [-0.2, 0) is 9.53 Å². The fraction of sp³-hybridized carbons (Fsp3) is 0.154. The van der Waals surface area contributed by atoms with Crippen LogP contribution in [0.3, 0.4) is 0 Å². The van der Waals surface area contributed by atoms with Crippen molar-refractivity contribution in [3.63, 3.8) is 0 Å². The maximum Gasteiger partial charge on any atom is 0.331 e. The van der Waals surface area contributed by atoms with E-state index >= 15 is 0 Å². The molecule has 0 N–H and O–H groups in total. The number of hydrogen-bond donors (Lipinski definition) is 0. The second-order valence-corrected chi connectivity index (χ2v) is 3.21. The molecule has 0 aliphatic heterocycles. The van der Waals surface area contributed by atoms with Crippen molar-refractivity contribution in [1.29, 1.82) is 0 Å². The summed E-state index contributed by atoms with van der Waals surface area (Å²) in [6, 6.07) is 7.76. The molecule has 0 fully saturated rings. The average molecular weight is 202 g/mol. The Labute approximate surface area is 89.9 Å². The number of aryl methyl sites for hydroxylation is 1. The van der Waals surface area contributed by atoms with E-state index in [0.717, 1.165) is 17.2 Å². The van der Waals surface area contributed by atoms with Gasteiger partial charge in [-0.2, -0.15) is 0 Å². The van der Waals surface area contributed by atoms with Crippen molar-refractivity contribution >= 4 is 5.97 Å². The topological polar surface area (TPSA) is 26.3 Å². The fourth-order valence-electron chi connectivity index (χ4n) is 1.18. The van der Waals surface area contributed by atoms with Gasteiger partial charge in [-0.25, -0.2) is 4.79 Å². The minimum absolute atomic E-state index is 0.406. The standard InChI is InChI=1S/C13H14O2/c1-4-12(15-13(14)5-2)11-8-6-10(3)7-9-11/h4-9,12H,1-2H2,3H3. The van der Waals surface area contributed by atoms with Crippen LogP contribution >= 0.6 is 0 Å². The van der Waals surface area contributed by atoms with Crippen LogP contribution in [0.2, 0.25) is 0 Å². The third-order valence-electron chi connectivity index (χ3n) is 2.03. The highest BCUT2D eigenvalue weighted by Gasteiger charge is 2.10. The third kappa shape index (κ3) is 3.09. The highest BCUT2D eigenvalue weighted by atomic mass is 16.5. The Kier molecular flexibility index (Phi) is 3.86. The Bertz CT molecular complexity index is 363. The molecule has 0 aliphatic rings. The molecule has 1 aromatic rings. The number of ether oxygens (including phenoxy) is 1. The van der Waals surface area contributed by atoms with Crippen LogP contribution in [0.15, 0.2) is 49.6 Å². The molecule has 0 saturated heterocycles. The summed E-state index contributed by atoms with van der Waals surface area (Å²) < 4.78 is 5.10. The molecule has 0 spiro atoms. The van der Waals surface area contributed by atoms with Gasteiger partial charge < -0.3 is 4.74 Å². The van der Waals surface area contributed by atoms with E-state index in [9.17, 15) is 4.79 Å². The smallest absolute Gasteiger partial charge is 0.331 e. The lowest BCUT2D eigenvalue weighted by Gasteiger charge is -2.13. The summed E-state index contributed by atoms with van der Waals surface area (Å²) in [6.07, 6.45) is 2.33. The van der Waals surface area contributed by atoms with Crippen LogP contribution in [-0.4, -0.2) is 5.97 Å². The van der Waals surface area contributed by atoms with Crippen molar-refractivity contribution in [2.24, 2.45) is 0 Å². The largest absolute Gasteiger partial charge is 0.450 e. The molecule has 1 atom stereocenters. The lowest BCUT2D eigenvalue weighted by atomic mass is 10.1. The summed E-state index contributed by atoms with van der Waals surface area (Å²) in [7, 11) is 0. The van der Waals surface area contributed by atoms with Gasteiger partial charge in [0.2, 0.25) is 0 Å². The molecule has 0 heterocycles. The van der Waals surface area contributed by atoms with Gasteiger partial charge in [0.25, 0.3) is 0 Å². The van der Waals surface area contributed by atoms with E-state index in [-0.39, 0.29) is 0 Å². The summed E-state index contributed by atoms with van der Waals surface area (Å²) >= 11 is 0. The lowest BCUT2D eigenvalue weighted by Crippen LogP contribution is -2.06.